The molecule has 0 aromatic heterocycles. The summed E-state index contributed by atoms with van der Waals surface area (Å²) in [6.45, 7) is 0. The predicted octanol–water partition coefficient (Wildman–Crippen LogP) is 3.53. The number of hydrogen-bond donors (Lipinski definition) is 2. The van der Waals surface area contributed by atoms with Crippen LogP contribution in [-0.2, 0) is 6.18 Å². The van der Waals surface area contributed by atoms with Crippen LogP contribution in [0.15, 0.2) is 18.2 Å². The molecule has 1 aromatic rings. The van der Waals surface area contributed by atoms with Crippen molar-refractivity contribution in [2.75, 3.05) is 5.32 Å². The predicted molar refractivity (Wildman–Crippen MR) is 65.3 cm³/mol. The van der Waals surface area contributed by atoms with Gasteiger partial charge in [0, 0.05) is 17.8 Å². The second-order valence-corrected chi connectivity index (χ2v) is 4.95. The quantitative estimate of drug-likeness (QED) is 0.811. The van der Waals surface area contributed by atoms with Crippen LogP contribution in [0.2, 0.25) is 0 Å². The van der Waals surface area contributed by atoms with Gasteiger partial charge in [0.1, 0.15) is 5.82 Å². The molecule has 6 heteroatoms. The molecule has 1 saturated carbocycles. The van der Waals surface area contributed by atoms with E-state index < -0.39 is 17.6 Å². The van der Waals surface area contributed by atoms with Crippen molar-refractivity contribution in [3.05, 3.63) is 29.6 Å². The largest absolute Gasteiger partial charge is 0.419 e. The Bertz CT molecular complexity index is 437. The van der Waals surface area contributed by atoms with Gasteiger partial charge in [0.2, 0.25) is 0 Å². The Kier molecular flexibility index (Phi) is 3.99. The molecule has 0 spiro atoms. The summed E-state index contributed by atoms with van der Waals surface area (Å²) in [5, 5.41) is 3.02. The van der Waals surface area contributed by atoms with E-state index >= 15 is 0 Å². The third-order valence-electron chi connectivity index (χ3n) is 3.41. The standard InChI is InChI=1S/C13H16F4N2/c14-12-6-5-10(7-11(12)13(15,16)17)19-9-3-1-8(18)2-4-9/h5-9,19H,1-4,18H2. The molecule has 1 fully saturated rings. The second-order valence-electron chi connectivity index (χ2n) is 4.95. The molecule has 0 heterocycles. The maximum absolute atomic E-state index is 13.1. The smallest absolute Gasteiger partial charge is 0.382 e. The van der Waals surface area contributed by atoms with Crippen LogP contribution in [0.3, 0.4) is 0 Å². The fourth-order valence-electron chi connectivity index (χ4n) is 2.33. The topological polar surface area (TPSA) is 38.0 Å². The lowest BCUT2D eigenvalue weighted by atomic mass is 9.91. The van der Waals surface area contributed by atoms with Gasteiger partial charge in [0.15, 0.2) is 0 Å². The first-order valence-electron chi connectivity index (χ1n) is 6.25. The zero-order chi connectivity index (χ0) is 14.0. The van der Waals surface area contributed by atoms with E-state index in [1.165, 1.54) is 6.07 Å². The first-order chi connectivity index (χ1) is 8.86. The highest BCUT2D eigenvalue weighted by atomic mass is 19.4. The van der Waals surface area contributed by atoms with Crippen LogP contribution >= 0.6 is 0 Å². The van der Waals surface area contributed by atoms with Gasteiger partial charge in [0.05, 0.1) is 5.56 Å². The van der Waals surface area contributed by atoms with Crippen molar-refractivity contribution in [2.45, 2.75) is 43.9 Å². The van der Waals surface area contributed by atoms with Crippen LogP contribution in [0.5, 0.6) is 0 Å². The van der Waals surface area contributed by atoms with Crippen molar-refractivity contribution >= 4 is 5.69 Å². The molecule has 0 bridgehead atoms. The first-order valence-corrected chi connectivity index (χ1v) is 6.25. The van der Waals surface area contributed by atoms with Gasteiger partial charge >= 0.3 is 6.18 Å². The molecule has 1 aromatic carbocycles. The maximum atomic E-state index is 13.1. The third kappa shape index (κ3) is 3.59. The SMILES string of the molecule is NC1CCC(Nc2ccc(F)c(C(F)(F)F)c2)CC1. The molecule has 2 rings (SSSR count). The summed E-state index contributed by atoms with van der Waals surface area (Å²) < 4.78 is 50.9. The van der Waals surface area contributed by atoms with Crippen LogP contribution in [-0.4, -0.2) is 12.1 Å². The third-order valence-corrected chi connectivity index (χ3v) is 3.41. The molecule has 19 heavy (non-hydrogen) atoms. The number of alkyl halides is 3. The van der Waals surface area contributed by atoms with Gasteiger partial charge in [-0.05, 0) is 43.9 Å². The zero-order valence-electron chi connectivity index (χ0n) is 10.3. The molecular formula is C13H16F4N2. The van der Waals surface area contributed by atoms with Crippen LogP contribution in [0.25, 0.3) is 0 Å². The highest BCUT2D eigenvalue weighted by Gasteiger charge is 2.34. The van der Waals surface area contributed by atoms with Gasteiger partial charge in [-0.2, -0.15) is 13.2 Å². The molecular weight excluding hydrogens is 260 g/mol. The van der Waals surface area contributed by atoms with Crippen LogP contribution in [0, 0.1) is 5.82 Å². The average Bonchev–Trinajstić information content (AvgIpc) is 2.33. The molecule has 106 valence electrons. The van der Waals surface area contributed by atoms with E-state index in [9.17, 15) is 17.6 Å². The molecule has 1 aliphatic carbocycles. The van der Waals surface area contributed by atoms with Gasteiger partial charge in [-0.25, -0.2) is 4.39 Å². The van der Waals surface area contributed by atoms with E-state index in [1.54, 1.807) is 0 Å². The Morgan fingerprint density at radius 1 is 1.11 bits per heavy atom. The van der Waals surface area contributed by atoms with E-state index in [1.807, 2.05) is 0 Å². The number of rotatable bonds is 2. The Labute approximate surface area is 109 Å². The Balaban J connectivity index is 2.09. The number of nitrogens with two attached hydrogens (primary N) is 1. The van der Waals surface area contributed by atoms with Gasteiger partial charge in [0.25, 0.3) is 0 Å². The van der Waals surface area contributed by atoms with Gasteiger partial charge in [-0.3, -0.25) is 0 Å². The van der Waals surface area contributed by atoms with E-state index in [0.717, 1.165) is 37.8 Å². The van der Waals surface area contributed by atoms with Crippen LogP contribution in [0.4, 0.5) is 23.2 Å². The van der Waals surface area contributed by atoms with Crippen molar-refractivity contribution in [1.29, 1.82) is 0 Å². The number of benzene rings is 1. The number of anilines is 1. The van der Waals surface area contributed by atoms with Crippen LogP contribution in [0.1, 0.15) is 31.2 Å². The van der Waals surface area contributed by atoms with Crippen molar-refractivity contribution in [1.82, 2.24) is 0 Å². The summed E-state index contributed by atoms with van der Waals surface area (Å²) in [5.41, 5.74) is 4.83. The van der Waals surface area contributed by atoms with Gasteiger partial charge in [-0.15, -0.1) is 0 Å². The Morgan fingerprint density at radius 3 is 2.32 bits per heavy atom. The fraction of sp³-hybridized carbons (Fsp3) is 0.538. The minimum absolute atomic E-state index is 0.103. The summed E-state index contributed by atoms with van der Waals surface area (Å²) in [5.74, 6) is -1.25. The number of hydrogen-bond acceptors (Lipinski definition) is 2. The summed E-state index contributed by atoms with van der Waals surface area (Å²) in [6, 6.07) is 3.28. The monoisotopic (exact) mass is 276 g/mol. The summed E-state index contributed by atoms with van der Waals surface area (Å²) in [7, 11) is 0. The lowest BCUT2D eigenvalue weighted by molar-refractivity contribution is -0.139. The molecule has 2 nitrogen and oxygen atoms in total. The number of halogens is 4. The minimum Gasteiger partial charge on any atom is -0.382 e. The highest BCUT2D eigenvalue weighted by molar-refractivity contribution is 5.47. The first kappa shape index (κ1) is 14.1. The normalized spacial score (nSPS) is 24.3. The minimum atomic E-state index is -4.67. The van der Waals surface area contributed by atoms with E-state index in [0.29, 0.717) is 5.69 Å². The molecule has 0 saturated heterocycles. The summed E-state index contributed by atoms with van der Waals surface area (Å²) in [4.78, 5) is 0. The second kappa shape index (κ2) is 5.36. The molecule has 0 atom stereocenters. The lowest BCUT2D eigenvalue weighted by Crippen LogP contribution is -2.32. The highest BCUT2D eigenvalue weighted by Crippen LogP contribution is 2.33. The summed E-state index contributed by atoms with van der Waals surface area (Å²) in [6.07, 6.45) is -1.33. The lowest BCUT2D eigenvalue weighted by Gasteiger charge is -2.27. The Hall–Kier alpha value is -1.30. The average molecular weight is 276 g/mol. The maximum Gasteiger partial charge on any atom is 0.419 e. The molecule has 3 N–H and O–H groups in total. The van der Waals surface area contributed by atoms with E-state index in [-0.39, 0.29) is 12.1 Å². The summed E-state index contributed by atoms with van der Waals surface area (Å²) >= 11 is 0. The zero-order valence-corrected chi connectivity index (χ0v) is 10.3. The van der Waals surface area contributed by atoms with E-state index in [4.69, 9.17) is 5.73 Å². The van der Waals surface area contributed by atoms with Gasteiger partial charge < -0.3 is 11.1 Å². The Morgan fingerprint density at radius 2 is 1.74 bits per heavy atom. The van der Waals surface area contributed by atoms with Crippen molar-refractivity contribution in [3.63, 3.8) is 0 Å². The van der Waals surface area contributed by atoms with E-state index in [2.05, 4.69) is 5.32 Å². The molecule has 0 radical (unpaired) electrons. The van der Waals surface area contributed by atoms with Crippen molar-refractivity contribution in [2.24, 2.45) is 5.73 Å². The number of nitrogens with one attached hydrogen (secondary N) is 1. The molecule has 0 amide bonds. The van der Waals surface area contributed by atoms with Gasteiger partial charge in [-0.1, -0.05) is 0 Å². The molecule has 0 unspecified atom stereocenters. The van der Waals surface area contributed by atoms with Crippen LogP contribution < -0.4 is 11.1 Å². The van der Waals surface area contributed by atoms with Crippen molar-refractivity contribution in [3.8, 4) is 0 Å². The fourth-order valence-corrected chi connectivity index (χ4v) is 2.33. The van der Waals surface area contributed by atoms with Crippen molar-refractivity contribution < 1.29 is 17.6 Å². The molecule has 1 aliphatic rings. The molecule has 0 aliphatic heterocycles.